The first-order valence-electron chi connectivity index (χ1n) is 7.14. The van der Waals surface area contributed by atoms with Crippen molar-refractivity contribution in [3.05, 3.63) is 23.8 Å². The molecule has 0 heterocycles. The number of nitrogens with one attached hydrogen (secondary N) is 1. The number of benzene rings is 1. The van der Waals surface area contributed by atoms with Crippen LogP contribution in [0.3, 0.4) is 0 Å². The molecule has 2 atom stereocenters. The van der Waals surface area contributed by atoms with Crippen LogP contribution in [-0.4, -0.2) is 13.2 Å². The Morgan fingerprint density at radius 1 is 1.33 bits per heavy atom. The van der Waals surface area contributed by atoms with Crippen LogP contribution < -0.4 is 10.1 Å². The third kappa shape index (κ3) is 3.18. The molecule has 2 nitrogen and oxygen atoms in total. The molecule has 1 saturated carbocycles. The third-order valence-corrected chi connectivity index (χ3v) is 4.15. The van der Waals surface area contributed by atoms with Gasteiger partial charge < -0.3 is 10.1 Å². The van der Waals surface area contributed by atoms with Gasteiger partial charge in [0.1, 0.15) is 5.75 Å². The van der Waals surface area contributed by atoms with Gasteiger partial charge in [0.15, 0.2) is 0 Å². The lowest BCUT2D eigenvalue weighted by Gasteiger charge is -2.30. The fraction of sp³-hybridized carbons (Fsp3) is 0.625. The maximum Gasteiger partial charge on any atom is 0.119 e. The highest BCUT2D eigenvalue weighted by molar-refractivity contribution is 5.54. The molecule has 0 amide bonds. The first-order chi connectivity index (χ1) is 8.72. The molecule has 1 aromatic rings. The fourth-order valence-corrected chi connectivity index (χ4v) is 2.94. The highest BCUT2D eigenvalue weighted by Crippen LogP contribution is 2.30. The predicted molar refractivity (Wildman–Crippen MR) is 77.4 cm³/mol. The molecule has 100 valence electrons. The molecule has 0 aromatic heterocycles. The van der Waals surface area contributed by atoms with E-state index in [9.17, 15) is 0 Å². The van der Waals surface area contributed by atoms with Crippen LogP contribution in [-0.2, 0) is 0 Å². The summed E-state index contributed by atoms with van der Waals surface area (Å²) >= 11 is 0. The summed E-state index contributed by atoms with van der Waals surface area (Å²) in [5.74, 6) is 1.85. The first kappa shape index (κ1) is 13.3. The molecule has 0 saturated heterocycles. The Bertz CT molecular complexity index is 389. The molecule has 1 fully saturated rings. The minimum atomic E-state index is 0.649. The maximum atomic E-state index is 5.25. The molecule has 1 aromatic carbocycles. The minimum absolute atomic E-state index is 0.649. The summed E-state index contributed by atoms with van der Waals surface area (Å²) in [4.78, 5) is 0. The van der Waals surface area contributed by atoms with Gasteiger partial charge in [-0.25, -0.2) is 0 Å². The van der Waals surface area contributed by atoms with E-state index in [2.05, 4.69) is 31.3 Å². The number of hydrogen-bond acceptors (Lipinski definition) is 2. The molecule has 0 bridgehead atoms. The second-order valence-corrected chi connectivity index (χ2v) is 5.46. The quantitative estimate of drug-likeness (QED) is 0.852. The number of methoxy groups -OCH3 is 1. The van der Waals surface area contributed by atoms with Crippen LogP contribution in [0, 0.1) is 12.8 Å². The molecule has 1 aliphatic rings. The van der Waals surface area contributed by atoms with Crippen molar-refractivity contribution in [2.45, 2.75) is 52.0 Å². The van der Waals surface area contributed by atoms with Crippen molar-refractivity contribution in [2.75, 3.05) is 12.4 Å². The summed E-state index contributed by atoms with van der Waals surface area (Å²) in [6.07, 6.45) is 6.73. The topological polar surface area (TPSA) is 21.3 Å². The highest BCUT2D eigenvalue weighted by Gasteiger charge is 2.20. The molecule has 18 heavy (non-hydrogen) atoms. The Kier molecular flexibility index (Phi) is 4.51. The largest absolute Gasteiger partial charge is 0.497 e. The average Bonchev–Trinajstić information content (AvgIpc) is 2.41. The molecular weight excluding hydrogens is 222 g/mol. The van der Waals surface area contributed by atoms with Gasteiger partial charge in [-0.3, -0.25) is 0 Å². The second kappa shape index (κ2) is 6.12. The SMILES string of the molecule is CCC1CCCC(Nc2ccc(OC)cc2C)C1. The van der Waals surface area contributed by atoms with Crippen LogP contribution in [0.25, 0.3) is 0 Å². The van der Waals surface area contributed by atoms with Crippen LogP contribution in [0.15, 0.2) is 18.2 Å². The smallest absolute Gasteiger partial charge is 0.119 e. The van der Waals surface area contributed by atoms with Gasteiger partial charge in [-0.05, 0) is 49.4 Å². The normalized spacial score (nSPS) is 23.7. The summed E-state index contributed by atoms with van der Waals surface area (Å²) in [6.45, 7) is 4.46. The van der Waals surface area contributed by atoms with E-state index >= 15 is 0 Å². The molecule has 2 rings (SSSR count). The van der Waals surface area contributed by atoms with Crippen LogP contribution in [0.1, 0.15) is 44.6 Å². The van der Waals surface area contributed by atoms with Crippen molar-refractivity contribution in [1.29, 1.82) is 0 Å². The van der Waals surface area contributed by atoms with E-state index in [1.54, 1.807) is 7.11 Å². The van der Waals surface area contributed by atoms with Crippen LogP contribution in [0.4, 0.5) is 5.69 Å². The molecule has 2 heteroatoms. The van der Waals surface area contributed by atoms with Crippen molar-refractivity contribution in [2.24, 2.45) is 5.92 Å². The molecule has 1 aliphatic carbocycles. The number of hydrogen-bond donors (Lipinski definition) is 1. The maximum absolute atomic E-state index is 5.25. The molecule has 2 unspecified atom stereocenters. The van der Waals surface area contributed by atoms with E-state index < -0.39 is 0 Å². The summed E-state index contributed by atoms with van der Waals surface area (Å²) in [5, 5.41) is 3.71. The Hall–Kier alpha value is -1.18. The van der Waals surface area contributed by atoms with Crippen molar-refractivity contribution >= 4 is 5.69 Å². The number of anilines is 1. The van der Waals surface area contributed by atoms with Crippen molar-refractivity contribution in [3.8, 4) is 5.75 Å². The Balaban J connectivity index is 2.00. The number of rotatable bonds is 4. The van der Waals surface area contributed by atoms with E-state index in [1.165, 1.54) is 43.4 Å². The fourth-order valence-electron chi connectivity index (χ4n) is 2.94. The predicted octanol–water partition coefficient (Wildman–Crippen LogP) is 4.38. The first-order valence-corrected chi connectivity index (χ1v) is 7.14. The summed E-state index contributed by atoms with van der Waals surface area (Å²) in [7, 11) is 1.72. The van der Waals surface area contributed by atoms with Gasteiger partial charge in [-0.2, -0.15) is 0 Å². The second-order valence-electron chi connectivity index (χ2n) is 5.46. The monoisotopic (exact) mass is 247 g/mol. The van der Waals surface area contributed by atoms with Gasteiger partial charge >= 0.3 is 0 Å². The Morgan fingerprint density at radius 2 is 2.17 bits per heavy atom. The third-order valence-electron chi connectivity index (χ3n) is 4.15. The lowest BCUT2D eigenvalue weighted by atomic mass is 9.84. The summed E-state index contributed by atoms with van der Waals surface area (Å²) in [5.41, 5.74) is 2.53. The Morgan fingerprint density at radius 3 is 2.83 bits per heavy atom. The van der Waals surface area contributed by atoms with Crippen molar-refractivity contribution in [1.82, 2.24) is 0 Å². The zero-order valence-electron chi connectivity index (χ0n) is 11.8. The van der Waals surface area contributed by atoms with Crippen LogP contribution >= 0.6 is 0 Å². The lowest BCUT2D eigenvalue weighted by Crippen LogP contribution is -2.27. The van der Waals surface area contributed by atoms with Gasteiger partial charge in [0.25, 0.3) is 0 Å². The Labute approximate surface area is 111 Å². The minimum Gasteiger partial charge on any atom is -0.497 e. The van der Waals surface area contributed by atoms with E-state index in [1.807, 2.05) is 6.07 Å². The lowest BCUT2D eigenvalue weighted by molar-refractivity contribution is 0.327. The van der Waals surface area contributed by atoms with Crippen molar-refractivity contribution < 1.29 is 4.74 Å². The summed E-state index contributed by atoms with van der Waals surface area (Å²) < 4.78 is 5.25. The molecule has 0 radical (unpaired) electrons. The van der Waals surface area contributed by atoms with Gasteiger partial charge in [-0.15, -0.1) is 0 Å². The average molecular weight is 247 g/mol. The van der Waals surface area contributed by atoms with Crippen LogP contribution in [0.2, 0.25) is 0 Å². The van der Waals surface area contributed by atoms with Crippen molar-refractivity contribution in [3.63, 3.8) is 0 Å². The van der Waals surface area contributed by atoms with Gasteiger partial charge in [-0.1, -0.05) is 26.2 Å². The highest BCUT2D eigenvalue weighted by atomic mass is 16.5. The standard InChI is InChI=1S/C16H25NO/c1-4-13-6-5-7-14(11-13)17-16-9-8-15(18-3)10-12(16)2/h8-10,13-14,17H,4-7,11H2,1-3H3. The molecule has 0 aliphatic heterocycles. The van der Waals surface area contributed by atoms with E-state index in [4.69, 9.17) is 4.74 Å². The molecular formula is C16H25NO. The zero-order valence-corrected chi connectivity index (χ0v) is 11.8. The zero-order chi connectivity index (χ0) is 13.0. The van der Waals surface area contributed by atoms with E-state index in [0.717, 1.165) is 11.7 Å². The van der Waals surface area contributed by atoms with E-state index in [-0.39, 0.29) is 0 Å². The number of aryl methyl sites for hydroxylation is 1. The van der Waals surface area contributed by atoms with Gasteiger partial charge in [0, 0.05) is 11.7 Å². The molecule has 1 N–H and O–H groups in total. The molecule has 0 spiro atoms. The van der Waals surface area contributed by atoms with Gasteiger partial charge in [0.05, 0.1) is 7.11 Å². The summed E-state index contributed by atoms with van der Waals surface area (Å²) in [6, 6.07) is 6.93. The van der Waals surface area contributed by atoms with Gasteiger partial charge in [0.2, 0.25) is 0 Å². The van der Waals surface area contributed by atoms with E-state index in [0.29, 0.717) is 6.04 Å². The number of ether oxygens (including phenoxy) is 1. The van der Waals surface area contributed by atoms with Crippen LogP contribution in [0.5, 0.6) is 5.75 Å².